The summed E-state index contributed by atoms with van der Waals surface area (Å²) >= 11 is 0. The lowest BCUT2D eigenvalue weighted by Crippen LogP contribution is -1.88. The van der Waals surface area contributed by atoms with Crippen molar-refractivity contribution in [2.75, 3.05) is 6.54 Å². The van der Waals surface area contributed by atoms with E-state index in [9.17, 15) is 0 Å². The van der Waals surface area contributed by atoms with Crippen molar-refractivity contribution in [1.29, 1.82) is 5.26 Å². The number of nitriles is 1. The lowest BCUT2D eigenvalue weighted by Gasteiger charge is -1.73. The summed E-state index contributed by atoms with van der Waals surface area (Å²) in [5.74, 6) is 0. The molecule has 32 valence electrons. The van der Waals surface area contributed by atoms with Crippen LogP contribution in [0.3, 0.4) is 0 Å². The van der Waals surface area contributed by atoms with Crippen molar-refractivity contribution in [1.82, 2.24) is 5.06 Å². The Labute approximate surface area is 35.4 Å². The van der Waals surface area contributed by atoms with Crippen LogP contribution in [0.5, 0.6) is 0 Å². The van der Waals surface area contributed by atoms with E-state index < -0.39 is 0 Å². The fourth-order valence-electron chi connectivity index (χ4n) is 0.238. The zero-order chi connectivity index (χ0) is 4.57. The molecule has 1 rings (SSSR count). The predicted octanol–water partition coefficient (Wildman–Crippen LogP) is -0.417. The van der Waals surface area contributed by atoms with Crippen LogP contribution < -0.4 is 0 Å². The van der Waals surface area contributed by atoms with Crippen LogP contribution in [-0.4, -0.2) is 22.9 Å². The highest BCUT2D eigenvalue weighted by atomic mass is 16.5. The van der Waals surface area contributed by atoms with Crippen LogP contribution in [0.15, 0.2) is 0 Å². The molecule has 1 heterocycles. The maximum Gasteiger partial charge on any atom is 0.137 e. The van der Waals surface area contributed by atoms with Crippen LogP contribution in [0.1, 0.15) is 0 Å². The second kappa shape index (κ2) is 0.934. The molecule has 0 spiro atoms. The first-order valence-electron chi connectivity index (χ1n) is 1.69. The van der Waals surface area contributed by atoms with Crippen molar-refractivity contribution in [3.05, 3.63) is 0 Å². The van der Waals surface area contributed by atoms with E-state index in [2.05, 4.69) is 0 Å². The number of hydrogen-bond acceptors (Lipinski definition) is 3. The van der Waals surface area contributed by atoms with Gasteiger partial charge in [-0.3, -0.25) is 0 Å². The van der Waals surface area contributed by atoms with Gasteiger partial charge in [-0.1, -0.05) is 0 Å². The highest BCUT2D eigenvalue weighted by molar-refractivity contribution is 5.00. The van der Waals surface area contributed by atoms with Crippen LogP contribution in [-0.2, 0) is 0 Å². The van der Waals surface area contributed by atoms with Crippen LogP contribution in [0, 0.1) is 11.3 Å². The number of hydrogen-bond donors (Lipinski definition) is 1. The fraction of sp³-hybridized carbons (Fsp3) is 0.667. The molecule has 0 saturated carbocycles. The molecule has 2 unspecified atom stereocenters. The molecule has 1 aliphatic heterocycles. The third-order valence-corrected chi connectivity index (χ3v) is 0.735. The Bertz CT molecular complexity index is 95.5. The summed E-state index contributed by atoms with van der Waals surface area (Å²) in [5.41, 5.74) is 0. The standard InChI is InChI=1S/C3H4N2O/c4-1-3-2-5(3)6/h3,6H,2H2. The second-order valence-corrected chi connectivity index (χ2v) is 1.27. The SMILES string of the molecule is N#CC1CN1O. The third kappa shape index (κ3) is 0.361. The van der Waals surface area contributed by atoms with Crippen molar-refractivity contribution in [3.63, 3.8) is 0 Å². The van der Waals surface area contributed by atoms with Crippen molar-refractivity contribution >= 4 is 0 Å². The minimum absolute atomic E-state index is 0.204. The Morgan fingerprint density at radius 3 is 2.50 bits per heavy atom. The Morgan fingerprint density at radius 1 is 2.00 bits per heavy atom. The summed E-state index contributed by atoms with van der Waals surface area (Å²) in [5, 5.41) is 17.1. The fourth-order valence-corrected chi connectivity index (χ4v) is 0.238. The van der Waals surface area contributed by atoms with Gasteiger partial charge in [0.1, 0.15) is 6.04 Å². The Morgan fingerprint density at radius 2 is 2.50 bits per heavy atom. The van der Waals surface area contributed by atoms with Gasteiger partial charge in [-0.25, -0.2) is 0 Å². The molecule has 1 saturated heterocycles. The van der Waals surface area contributed by atoms with E-state index in [1.807, 2.05) is 6.07 Å². The first-order valence-corrected chi connectivity index (χ1v) is 1.69. The Hall–Kier alpha value is -0.590. The number of hydroxylamine groups is 2. The normalized spacial score (nSPS) is 41.3. The molecular weight excluding hydrogens is 80.0 g/mol. The van der Waals surface area contributed by atoms with E-state index in [-0.39, 0.29) is 6.04 Å². The predicted molar refractivity (Wildman–Crippen MR) is 17.9 cm³/mol. The van der Waals surface area contributed by atoms with E-state index in [0.29, 0.717) is 6.54 Å². The molecule has 2 atom stereocenters. The van der Waals surface area contributed by atoms with E-state index >= 15 is 0 Å². The highest BCUT2D eigenvalue weighted by Gasteiger charge is 2.31. The second-order valence-electron chi connectivity index (χ2n) is 1.27. The molecule has 0 aromatic rings. The van der Waals surface area contributed by atoms with Gasteiger partial charge in [0.2, 0.25) is 0 Å². The summed E-state index contributed by atoms with van der Waals surface area (Å²) in [6.45, 7) is 0.524. The zero-order valence-corrected chi connectivity index (χ0v) is 3.13. The monoisotopic (exact) mass is 84.0 g/mol. The maximum absolute atomic E-state index is 8.24. The number of nitrogens with zero attached hydrogens (tertiary/aromatic N) is 2. The lowest BCUT2D eigenvalue weighted by atomic mass is 10.6. The third-order valence-electron chi connectivity index (χ3n) is 0.735. The molecular formula is C3H4N2O. The topological polar surface area (TPSA) is 47.0 Å². The smallest absolute Gasteiger partial charge is 0.137 e. The molecule has 0 amide bonds. The molecule has 3 heteroatoms. The summed E-state index contributed by atoms with van der Waals surface area (Å²) < 4.78 is 0. The van der Waals surface area contributed by atoms with Gasteiger partial charge in [-0.05, 0) is 0 Å². The molecule has 0 aromatic carbocycles. The van der Waals surface area contributed by atoms with Crippen molar-refractivity contribution in [2.24, 2.45) is 0 Å². The quantitative estimate of drug-likeness (QED) is 0.405. The first-order chi connectivity index (χ1) is 2.84. The summed E-state index contributed by atoms with van der Waals surface area (Å²) in [6.07, 6.45) is 0. The minimum atomic E-state index is -0.204. The molecule has 0 bridgehead atoms. The lowest BCUT2D eigenvalue weighted by molar-refractivity contribution is 0.0260. The molecule has 1 aliphatic rings. The van der Waals surface area contributed by atoms with Gasteiger partial charge in [0.15, 0.2) is 0 Å². The zero-order valence-electron chi connectivity index (χ0n) is 3.13. The van der Waals surface area contributed by atoms with Crippen molar-refractivity contribution < 1.29 is 5.21 Å². The largest absolute Gasteiger partial charge is 0.313 e. The van der Waals surface area contributed by atoms with Gasteiger partial charge >= 0.3 is 0 Å². The molecule has 0 radical (unpaired) electrons. The maximum atomic E-state index is 8.24. The van der Waals surface area contributed by atoms with Gasteiger partial charge in [0.05, 0.1) is 12.6 Å². The molecule has 1 N–H and O–H groups in total. The first kappa shape index (κ1) is 3.59. The van der Waals surface area contributed by atoms with Gasteiger partial charge in [0.25, 0.3) is 0 Å². The van der Waals surface area contributed by atoms with Gasteiger partial charge in [0, 0.05) is 0 Å². The summed E-state index contributed by atoms with van der Waals surface area (Å²) in [7, 11) is 0. The van der Waals surface area contributed by atoms with Gasteiger partial charge < -0.3 is 5.21 Å². The van der Waals surface area contributed by atoms with Crippen molar-refractivity contribution in [3.8, 4) is 6.07 Å². The van der Waals surface area contributed by atoms with Crippen LogP contribution in [0.4, 0.5) is 0 Å². The highest BCUT2D eigenvalue weighted by Crippen LogP contribution is 2.09. The van der Waals surface area contributed by atoms with E-state index in [1.165, 1.54) is 0 Å². The van der Waals surface area contributed by atoms with Gasteiger partial charge in [-0.15, -0.1) is 0 Å². The van der Waals surface area contributed by atoms with E-state index in [4.69, 9.17) is 10.5 Å². The number of rotatable bonds is 0. The molecule has 0 aliphatic carbocycles. The van der Waals surface area contributed by atoms with Crippen molar-refractivity contribution in [2.45, 2.75) is 6.04 Å². The molecule has 0 aromatic heterocycles. The van der Waals surface area contributed by atoms with Crippen LogP contribution in [0.2, 0.25) is 0 Å². The van der Waals surface area contributed by atoms with E-state index in [0.717, 1.165) is 5.06 Å². The molecule has 6 heavy (non-hydrogen) atoms. The van der Waals surface area contributed by atoms with Gasteiger partial charge in [-0.2, -0.15) is 10.3 Å². The van der Waals surface area contributed by atoms with Crippen LogP contribution in [0.25, 0.3) is 0 Å². The average Bonchev–Trinajstić information content (AvgIpc) is 2.19. The minimum Gasteiger partial charge on any atom is -0.313 e. The average molecular weight is 84.1 g/mol. The molecule has 3 nitrogen and oxygen atoms in total. The van der Waals surface area contributed by atoms with E-state index in [1.54, 1.807) is 0 Å². The Kier molecular flexibility index (Phi) is 0.560. The summed E-state index contributed by atoms with van der Waals surface area (Å²) in [4.78, 5) is 0. The van der Waals surface area contributed by atoms with Crippen LogP contribution >= 0.6 is 0 Å². The Balaban J connectivity index is 2.31. The summed E-state index contributed by atoms with van der Waals surface area (Å²) in [6, 6.07) is 1.66. The molecule has 1 fully saturated rings.